The lowest BCUT2D eigenvalue weighted by Gasteiger charge is -2.19. The van der Waals surface area contributed by atoms with Crippen LogP contribution in [0.25, 0.3) is 10.9 Å². The van der Waals surface area contributed by atoms with Gasteiger partial charge in [-0.05, 0) is 45.1 Å². The molecular formula is C22H23Cl2N3O2. The maximum absolute atomic E-state index is 6.40. The number of nitrogens with one attached hydrogen (secondary N) is 1. The fourth-order valence-corrected chi connectivity index (χ4v) is 4.12. The van der Waals surface area contributed by atoms with Crippen LogP contribution in [0.4, 0.5) is 11.4 Å². The Kier molecular flexibility index (Phi) is 5.97. The molecule has 0 spiro atoms. The van der Waals surface area contributed by atoms with E-state index in [1.54, 1.807) is 12.4 Å². The maximum Gasteiger partial charge on any atom is 0.216 e. The van der Waals surface area contributed by atoms with E-state index < -0.39 is 0 Å². The Morgan fingerprint density at radius 2 is 1.86 bits per heavy atom. The number of ether oxygens (including phenoxy) is 2. The molecule has 29 heavy (non-hydrogen) atoms. The van der Waals surface area contributed by atoms with Gasteiger partial charge in [-0.2, -0.15) is 0 Å². The Labute approximate surface area is 180 Å². The van der Waals surface area contributed by atoms with Crippen LogP contribution in [0, 0.1) is 6.92 Å². The molecule has 152 valence electrons. The molecule has 0 radical (unpaired) electrons. The molecule has 0 aliphatic heterocycles. The van der Waals surface area contributed by atoms with Gasteiger partial charge in [0.05, 0.1) is 34.1 Å². The second-order valence-corrected chi connectivity index (χ2v) is 7.99. The Morgan fingerprint density at radius 3 is 2.55 bits per heavy atom. The highest BCUT2D eigenvalue weighted by Gasteiger charge is 2.21. The first kappa shape index (κ1) is 20.0. The number of pyridine rings is 2. The molecule has 5 nitrogen and oxygen atoms in total. The Bertz CT molecular complexity index is 1020. The van der Waals surface area contributed by atoms with Crippen molar-refractivity contribution in [3.05, 3.63) is 46.2 Å². The van der Waals surface area contributed by atoms with Gasteiger partial charge in [0, 0.05) is 23.8 Å². The fraction of sp³-hybridized carbons (Fsp3) is 0.364. The van der Waals surface area contributed by atoms with Gasteiger partial charge in [0.25, 0.3) is 0 Å². The predicted molar refractivity (Wildman–Crippen MR) is 118 cm³/mol. The van der Waals surface area contributed by atoms with Gasteiger partial charge < -0.3 is 14.8 Å². The summed E-state index contributed by atoms with van der Waals surface area (Å²) in [4.78, 5) is 8.77. The molecule has 0 atom stereocenters. The highest BCUT2D eigenvalue weighted by Crippen LogP contribution is 2.40. The van der Waals surface area contributed by atoms with Gasteiger partial charge in [-0.1, -0.05) is 35.3 Å². The van der Waals surface area contributed by atoms with E-state index in [0.29, 0.717) is 28.2 Å². The summed E-state index contributed by atoms with van der Waals surface area (Å²) in [6, 6.07) is 5.93. The molecule has 4 rings (SSSR count). The molecule has 0 bridgehead atoms. The van der Waals surface area contributed by atoms with E-state index in [4.69, 9.17) is 37.7 Å². The maximum atomic E-state index is 6.40. The minimum absolute atomic E-state index is 0.234. The quantitative estimate of drug-likeness (QED) is 0.469. The first-order valence-electron chi connectivity index (χ1n) is 9.86. The molecule has 7 heteroatoms. The number of fused-ring (bicyclic) bond motifs is 1. The van der Waals surface area contributed by atoms with E-state index in [-0.39, 0.29) is 6.10 Å². The number of nitrogens with zero attached hydrogens (tertiary/aromatic N) is 2. The first-order chi connectivity index (χ1) is 14.1. The van der Waals surface area contributed by atoms with Crippen molar-refractivity contribution in [2.75, 3.05) is 11.9 Å². The van der Waals surface area contributed by atoms with Gasteiger partial charge in [0.2, 0.25) is 5.88 Å². The fourth-order valence-electron chi connectivity index (χ4n) is 3.66. The van der Waals surface area contributed by atoms with Gasteiger partial charge >= 0.3 is 0 Å². The third kappa shape index (κ3) is 4.21. The number of rotatable bonds is 6. The molecule has 1 N–H and O–H groups in total. The molecule has 2 heterocycles. The number of hydrogen-bond acceptors (Lipinski definition) is 5. The number of aryl methyl sites for hydroxylation is 1. The highest BCUT2D eigenvalue weighted by atomic mass is 35.5. The zero-order chi connectivity index (χ0) is 20.4. The summed E-state index contributed by atoms with van der Waals surface area (Å²) in [5.41, 5.74) is 3.21. The Balaban J connectivity index is 1.85. The largest absolute Gasteiger partial charge is 0.488 e. The smallest absolute Gasteiger partial charge is 0.216 e. The van der Waals surface area contributed by atoms with Crippen molar-refractivity contribution < 1.29 is 9.47 Å². The van der Waals surface area contributed by atoms with Gasteiger partial charge in [0.1, 0.15) is 11.3 Å². The molecule has 1 aliphatic carbocycles. The number of halogens is 2. The number of anilines is 2. The zero-order valence-electron chi connectivity index (χ0n) is 16.5. The van der Waals surface area contributed by atoms with Crippen molar-refractivity contribution in [1.82, 2.24) is 9.97 Å². The number of benzene rings is 1. The molecule has 0 unspecified atom stereocenters. The normalized spacial score (nSPS) is 14.3. The molecule has 2 aromatic heterocycles. The topological polar surface area (TPSA) is 56.3 Å². The van der Waals surface area contributed by atoms with E-state index in [0.717, 1.165) is 40.7 Å². The van der Waals surface area contributed by atoms with Gasteiger partial charge in [-0.25, -0.2) is 4.98 Å². The van der Waals surface area contributed by atoms with Gasteiger partial charge in [0.15, 0.2) is 0 Å². The van der Waals surface area contributed by atoms with Crippen molar-refractivity contribution in [1.29, 1.82) is 0 Å². The minimum atomic E-state index is 0.234. The summed E-state index contributed by atoms with van der Waals surface area (Å²) in [6.07, 6.45) is 7.92. The molecular weight excluding hydrogens is 409 g/mol. The van der Waals surface area contributed by atoms with Crippen molar-refractivity contribution in [3.8, 4) is 11.6 Å². The van der Waals surface area contributed by atoms with Crippen LogP contribution in [-0.2, 0) is 0 Å². The third-order valence-electron chi connectivity index (χ3n) is 5.10. The van der Waals surface area contributed by atoms with Crippen LogP contribution in [0.15, 0.2) is 30.6 Å². The zero-order valence-corrected chi connectivity index (χ0v) is 18.0. The van der Waals surface area contributed by atoms with Crippen molar-refractivity contribution in [2.45, 2.75) is 45.6 Å². The standard InChI is InChI=1S/C22H23Cl2N3O2/c1-3-28-19-10-18(26-21-16(23)11-25-12-17(21)24)15-9-8-13(2)22(20(15)27-19)29-14-6-4-5-7-14/h8-12,14H,3-7H2,1-2H3,(H,25,26,27). The van der Waals surface area contributed by atoms with E-state index in [9.17, 15) is 0 Å². The molecule has 1 saturated carbocycles. The lowest BCUT2D eigenvalue weighted by molar-refractivity contribution is 0.211. The van der Waals surface area contributed by atoms with Crippen molar-refractivity contribution in [2.24, 2.45) is 0 Å². The summed E-state index contributed by atoms with van der Waals surface area (Å²) in [5.74, 6) is 1.33. The predicted octanol–water partition coefficient (Wildman–Crippen LogP) is 6.71. The molecule has 0 amide bonds. The lowest BCUT2D eigenvalue weighted by Crippen LogP contribution is -2.12. The van der Waals surface area contributed by atoms with Crippen LogP contribution in [0.5, 0.6) is 11.6 Å². The van der Waals surface area contributed by atoms with E-state index >= 15 is 0 Å². The van der Waals surface area contributed by atoms with E-state index in [1.165, 1.54) is 12.8 Å². The Hall–Kier alpha value is -2.24. The van der Waals surface area contributed by atoms with Crippen LogP contribution in [0.1, 0.15) is 38.2 Å². The van der Waals surface area contributed by atoms with E-state index in [1.807, 2.05) is 26.0 Å². The van der Waals surface area contributed by atoms with Gasteiger partial charge in [-0.15, -0.1) is 0 Å². The summed E-state index contributed by atoms with van der Waals surface area (Å²) >= 11 is 12.6. The highest BCUT2D eigenvalue weighted by molar-refractivity contribution is 6.39. The average molecular weight is 432 g/mol. The third-order valence-corrected chi connectivity index (χ3v) is 5.67. The minimum Gasteiger partial charge on any atom is -0.488 e. The summed E-state index contributed by atoms with van der Waals surface area (Å²) < 4.78 is 12.1. The van der Waals surface area contributed by atoms with Crippen LogP contribution < -0.4 is 14.8 Å². The van der Waals surface area contributed by atoms with Crippen LogP contribution in [0.2, 0.25) is 10.0 Å². The molecule has 1 aliphatic rings. The Morgan fingerprint density at radius 1 is 1.14 bits per heavy atom. The number of aromatic nitrogens is 2. The molecule has 1 fully saturated rings. The summed E-state index contributed by atoms with van der Waals surface area (Å²) in [5, 5.41) is 5.14. The lowest BCUT2D eigenvalue weighted by atomic mass is 10.1. The molecule has 0 saturated heterocycles. The second kappa shape index (κ2) is 8.64. The van der Waals surface area contributed by atoms with Crippen molar-refractivity contribution >= 4 is 45.5 Å². The molecule has 3 aromatic rings. The number of hydrogen-bond donors (Lipinski definition) is 1. The average Bonchev–Trinajstić information content (AvgIpc) is 3.20. The van der Waals surface area contributed by atoms with Crippen LogP contribution in [-0.4, -0.2) is 22.7 Å². The monoisotopic (exact) mass is 431 g/mol. The van der Waals surface area contributed by atoms with Gasteiger partial charge in [-0.3, -0.25) is 4.98 Å². The summed E-state index contributed by atoms with van der Waals surface area (Å²) in [6.45, 7) is 4.49. The first-order valence-corrected chi connectivity index (χ1v) is 10.6. The second-order valence-electron chi connectivity index (χ2n) is 7.18. The SMILES string of the molecule is CCOc1cc(Nc2c(Cl)cncc2Cl)c2ccc(C)c(OC3CCCC3)c2n1. The van der Waals surface area contributed by atoms with E-state index in [2.05, 4.69) is 16.4 Å². The van der Waals surface area contributed by atoms with Crippen LogP contribution in [0.3, 0.4) is 0 Å². The van der Waals surface area contributed by atoms with Crippen molar-refractivity contribution in [3.63, 3.8) is 0 Å². The summed E-state index contributed by atoms with van der Waals surface area (Å²) in [7, 11) is 0. The molecule has 1 aromatic carbocycles. The van der Waals surface area contributed by atoms with Crippen LogP contribution >= 0.6 is 23.2 Å².